The minimum atomic E-state index is -0.484. The lowest BCUT2D eigenvalue weighted by Gasteiger charge is -2.23. The second-order valence-corrected chi connectivity index (χ2v) is 5.07. The van der Waals surface area contributed by atoms with Crippen molar-refractivity contribution in [2.45, 2.75) is 12.7 Å². The molecule has 1 aliphatic heterocycles. The predicted octanol–water partition coefficient (Wildman–Crippen LogP) is 1.79. The molecule has 8 heteroatoms. The summed E-state index contributed by atoms with van der Waals surface area (Å²) in [5.74, 6) is 2.08. The molecule has 0 bridgehead atoms. The lowest BCUT2D eigenvalue weighted by Crippen LogP contribution is -2.27. The van der Waals surface area contributed by atoms with E-state index in [2.05, 4.69) is 10.1 Å². The third kappa shape index (κ3) is 2.81. The Morgan fingerprint density at radius 3 is 2.88 bits per heavy atom. The van der Waals surface area contributed by atoms with Gasteiger partial charge in [-0.1, -0.05) is 17.3 Å². The molecular formula is C16H13N3O5. The zero-order valence-corrected chi connectivity index (χ0v) is 12.5. The topological polar surface area (TPSA) is 93.6 Å². The fourth-order valence-corrected chi connectivity index (χ4v) is 2.26. The number of nitrogens with zero attached hydrogens (tertiary/aromatic N) is 3. The van der Waals surface area contributed by atoms with Crippen molar-refractivity contribution in [1.82, 2.24) is 10.1 Å². The molecule has 0 amide bonds. The van der Waals surface area contributed by atoms with Crippen molar-refractivity contribution in [2.75, 3.05) is 6.61 Å². The predicted molar refractivity (Wildman–Crippen MR) is 79.3 cm³/mol. The number of hydrogen-bond donors (Lipinski definition) is 0. The van der Waals surface area contributed by atoms with Crippen LogP contribution in [0, 0.1) is 5.21 Å². The molecule has 24 heavy (non-hydrogen) atoms. The van der Waals surface area contributed by atoms with Crippen LogP contribution in [-0.2, 0) is 6.61 Å². The normalized spacial score (nSPS) is 15.9. The minimum Gasteiger partial charge on any atom is -0.616 e. The van der Waals surface area contributed by atoms with E-state index in [1.165, 1.54) is 6.20 Å². The van der Waals surface area contributed by atoms with Crippen LogP contribution in [0.2, 0.25) is 0 Å². The van der Waals surface area contributed by atoms with Crippen molar-refractivity contribution >= 4 is 0 Å². The van der Waals surface area contributed by atoms with Crippen LogP contribution in [0.15, 0.2) is 53.2 Å². The van der Waals surface area contributed by atoms with Crippen molar-refractivity contribution in [2.24, 2.45) is 0 Å². The van der Waals surface area contributed by atoms with Gasteiger partial charge in [-0.05, 0) is 18.2 Å². The molecule has 8 nitrogen and oxygen atoms in total. The Hall–Kier alpha value is -3.29. The van der Waals surface area contributed by atoms with Crippen molar-refractivity contribution < 1.29 is 23.5 Å². The molecule has 1 atom stereocenters. The van der Waals surface area contributed by atoms with Gasteiger partial charge in [0.15, 0.2) is 24.3 Å². The number of benzene rings is 1. The first kappa shape index (κ1) is 14.3. The molecule has 1 aromatic carbocycles. The summed E-state index contributed by atoms with van der Waals surface area (Å²) in [7, 11) is 0. The van der Waals surface area contributed by atoms with Crippen LogP contribution in [0.4, 0.5) is 0 Å². The monoisotopic (exact) mass is 327 g/mol. The van der Waals surface area contributed by atoms with Gasteiger partial charge in [0, 0.05) is 6.07 Å². The number of hydrogen-bond acceptors (Lipinski definition) is 7. The standard InChI is InChI=1S/C16H13N3O5/c20-19-8-4-3-7-15(19)22-10-14-17-16(24-18-14)13-9-21-11-5-1-2-6-12(11)23-13/h1-8,13H,9-10H2/t13-/m0/s1. The highest BCUT2D eigenvalue weighted by Gasteiger charge is 2.27. The van der Waals surface area contributed by atoms with Gasteiger partial charge in [-0.25, -0.2) is 0 Å². The third-order valence-corrected chi connectivity index (χ3v) is 3.41. The van der Waals surface area contributed by atoms with E-state index in [0.717, 1.165) is 0 Å². The van der Waals surface area contributed by atoms with E-state index in [9.17, 15) is 5.21 Å². The summed E-state index contributed by atoms with van der Waals surface area (Å²) in [4.78, 5) is 4.23. The van der Waals surface area contributed by atoms with Gasteiger partial charge in [-0.3, -0.25) is 0 Å². The molecule has 0 aliphatic carbocycles. The summed E-state index contributed by atoms with van der Waals surface area (Å²) in [5.41, 5.74) is 0. The first-order valence-corrected chi connectivity index (χ1v) is 7.31. The molecule has 0 spiro atoms. The molecule has 3 heterocycles. The molecule has 122 valence electrons. The Bertz CT molecular complexity index is 851. The largest absolute Gasteiger partial charge is 0.616 e. The SMILES string of the molecule is [O-][n+]1ccccc1OCc1noc([C@@H]2COc3ccccc3O2)n1. The highest BCUT2D eigenvalue weighted by molar-refractivity contribution is 5.40. The molecule has 0 unspecified atom stereocenters. The Kier molecular flexibility index (Phi) is 3.62. The quantitative estimate of drug-likeness (QED) is 0.532. The maximum absolute atomic E-state index is 11.5. The zero-order chi connectivity index (χ0) is 16.4. The maximum atomic E-state index is 11.5. The Morgan fingerprint density at radius 2 is 2.00 bits per heavy atom. The van der Waals surface area contributed by atoms with Crippen LogP contribution in [0.1, 0.15) is 17.8 Å². The van der Waals surface area contributed by atoms with Crippen molar-refractivity contribution in [3.8, 4) is 17.4 Å². The maximum Gasteiger partial charge on any atom is 0.379 e. The van der Waals surface area contributed by atoms with E-state index in [1.807, 2.05) is 24.3 Å². The van der Waals surface area contributed by atoms with E-state index < -0.39 is 6.10 Å². The summed E-state index contributed by atoms with van der Waals surface area (Å²) in [6.45, 7) is 0.290. The van der Waals surface area contributed by atoms with Gasteiger partial charge < -0.3 is 23.9 Å². The van der Waals surface area contributed by atoms with E-state index >= 15 is 0 Å². The van der Waals surface area contributed by atoms with Gasteiger partial charge in [0.25, 0.3) is 5.89 Å². The molecule has 0 fully saturated rings. The number of fused-ring (bicyclic) bond motifs is 1. The number of aromatic nitrogens is 3. The molecule has 3 aromatic rings. The number of ether oxygens (including phenoxy) is 3. The number of pyridine rings is 1. The van der Waals surface area contributed by atoms with Crippen LogP contribution < -0.4 is 18.9 Å². The fourth-order valence-electron chi connectivity index (χ4n) is 2.26. The van der Waals surface area contributed by atoms with Crippen molar-refractivity contribution in [1.29, 1.82) is 0 Å². The molecule has 4 rings (SSSR count). The summed E-state index contributed by atoms with van der Waals surface area (Å²) in [5, 5.41) is 15.3. The summed E-state index contributed by atoms with van der Waals surface area (Å²) in [6, 6.07) is 12.2. The molecule has 2 aromatic heterocycles. The molecular weight excluding hydrogens is 314 g/mol. The molecule has 0 radical (unpaired) electrons. The summed E-state index contributed by atoms with van der Waals surface area (Å²) >= 11 is 0. The Balaban J connectivity index is 1.43. The van der Waals surface area contributed by atoms with Gasteiger partial charge in [0.1, 0.15) is 6.61 Å². The van der Waals surface area contributed by atoms with Gasteiger partial charge in [-0.2, -0.15) is 4.98 Å². The van der Waals surface area contributed by atoms with Gasteiger partial charge >= 0.3 is 5.88 Å². The van der Waals surface area contributed by atoms with Crippen molar-refractivity contribution in [3.63, 3.8) is 0 Å². The average Bonchev–Trinajstić information content (AvgIpc) is 3.10. The molecule has 0 saturated carbocycles. The van der Waals surface area contributed by atoms with E-state index in [-0.39, 0.29) is 19.1 Å². The highest BCUT2D eigenvalue weighted by Crippen LogP contribution is 2.35. The Morgan fingerprint density at radius 1 is 1.17 bits per heavy atom. The highest BCUT2D eigenvalue weighted by atomic mass is 16.6. The smallest absolute Gasteiger partial charge is 0.379 e. The summed E-state index contributed by atoms with van der Waals surface area (Å²) in [6.07, 6.45) is 0.865. The van der Waals surface area contributed by atoms with Crippen LogP contribution >= 0.6 is 0 Å². The summed E-state index contributed by atoms with van der Waals surface area (Å²) < 4.78 is 22.6. The van der Waals surface area contributed by atoms with Gasteiger partial charge in [0.05, 0.1) is 6.07 Å². The lowest BCUT2D eigenvalue weighted by molar-refractivity contribution is -0.613. The van der Waals surface area contributed by atoms with Crippen LogP contribution in [0.3, 0.4) is 0 Å². The Labute approximate surface area is 136 Å². The van der Waals surface area contributed by atoms with E-state index in [1.54, 1.807) is 18.2 Å². The first-order valence-electron chi connectivity index (χ1n) is 7.31. The van der Waals surface area contributed by atoms with E-state index in [0.29, 0.717) is 27.9 Å². The second-order valence-electron chi connectivity index (χ2n) is 5.07. The molecule has 0 saturated heterocycles. The minimum absolute atomic E-state index is 0.0138. The van der Waals surface area contributed by atoms with Gasteiger partial charge in [0.2, 0.25) is 11.9 Å². The molecule has 1 aliphatic rings. The third-order valence-electron chi connectivity index (χ3n) is 3.41. The second kappa shape index (κ2) is 6.07. The van der Waals surface area contributed by atoms with Gasteiger partial charge in [-0.15, -0.1) is 4.73 Å². The first-order chi connectivity index (χ1) is 11.8. The van der Waals surface area contributed by atoms with Crippen LogP contribution in [0.25, 0.3) is 0 Å². The number of para-hydroxylation sites is 2. The number of rotatable bonds is 4. The molecule has 0 N–H and O–H groups in total. The van der Waals surface area contributed by atoms with Crippen molar-refractivity contribution in [3.05, 3.63) is 65.6 Å². The van der Waals surface area contributed by atoms with Crippen LogP contribution in [-0.4, -0.2) is 16.7 Å². The van der Waals surface area contributed by atoms with E-state index in [4.69, 9.17) is 18.7 Å². The van der Waals surface area contributed by atoms with Crippen LogP contribution in [0.5, 0.6) is 17.4 Å². The lowest BCUT2D eigenvalue weighted by atomic mass is 10.2. The fraction of sp³-hybridized carbons (Fsp3) is 0.188. The zero-order valence-electron chi connectivity index (χ0n) is 12.5. The average molecular weight is 327 g/mol.